The van der Waals surface area contributed by atoms with Crippen LogP contribution in [0.15, 0.2) is 24.2 Å². The number of rotatable bonds is 5. The van der Waals surface area contributed by atoms with Crippen LogP contribution < -0.4 is 10.6 Å². The van der Waals surface area contributed by atoms with Gasteiger partial charge in [0, 0.05) is 18.5 Å². The molecule has 3 rings (SSSR count). The van der Waals surface area contributed by atoms with E-state index in [1.54, 1.807) is 12.3 Å². The Balaban J connectivity index is 1.62. The van der Waals surface area contributed by atoms with Gasteiger partial charge >= 0.3 is 0 Å². The molecule has 2 bridgehead atoms. The summed E-state index contributed by atoms with van der Waals surface area (Å²) < 4.78 is 5.40. The first-order valence-corrected chi connectivity index (χ1v) is 8.09. The first-order chi connectivity index (χ1) is 11.4. The van der Waals surface area contributed by atoms with Crippen LogP contribution in [0, 0.1) is 12.8 Å². The molecular formula is C17H22N4O3. The van der Waals surface area contributed by atoms with Crippen LogP contribution in [0.5, 0.6) is 0 Å². The lowest BCUT2D eigenvalue weighted by Gasteiger charge is -2.24. The van der Waals surface area contributed by atoms with Crippen molar-refractivity contribution in [1.29, 1.82) is 0 Å². The SMILES string of the molecule is Cc1ncc(NC(=O)CN2C=C3CC2CO3)cc1NC(=O)C(C)C. The minimum absolute atomic E-state index is 0.0805. The second kappa shape index (κ2) is 6.51. The van der Waals surface area contributed by atoms with Crippen molar-refractivity contribution in [2.45, 2.75) is 33.2 Å². The van der Waals surface area contributed by atoms with Gasteiger partial charge in [-0.05, 0) is 13.0 Å². The molecule has 3 heterocycles. The van der Waals surface area contributed by atoms with Gasteiger partial charge in [-0.2, -0.15) is 0 Å². The predicted molar refractivity (Wildman–Crippen MR) is 90.2 cm³/mol. The number of fused-ring (bicyclic) bond motifs is 2. The van der Waals surface area contributed by atoms with E-state index in [1.807, 2.05) is 31.9 Å². The zero-order valence-electron chi connectivity index (χ0n) is 14.1. The number of ether oxygens (including phenoxy) is 1. The lowest BCUT2D eigenvalue weighted by molar-refractivity contribution is -0.119. The highest BCUT2D eigenvalue weighted by Gasteiger charge is 2.33. The summed E-state index contributed by atoms with van der Waals surface area (Å²) in [5.41, 5.74) is 1.89. The third kappa shape index (κ3) is 3.50. The average Bonchev–Trinajstić information content (AvgIpc) is 3.13. The van der Waals surface area contributed by atoms with Gasteiger partial charge in [0.05, 0.1) is 35.9 Å². The van der Waals surface area contributed by atoms with Gasteiger partial charge in [0.15, 0.2) is 0 Å². The van der Waals surface area contributed by atoms with Crippen molar-refractivity contribution in [1.82, 2.24) is 9.88 Å². The van der Waals surface area contributed by atoms with Gasteiger partial charge in [-0.15, -0.1) is 0 Å². The third-order valence-corrected chi connectivity index (χ3v) is 4.16. The van der Waals surface area contributed by atoms with Gasteiger partial charge in [0.2, 0.25) is 11.8 Å². The molecule has 0 aliphatic carbocycles. The van der Waals surface area contributed by atoms with E-state index in [1.165, 1.54) is 0 Å². The predicted octanol–water partition coefficient (Wildman–Crippen LogP) is 1.87. The van der Waals surface area contributed by atoms with E-state index in [0.717, 1.165) is 12.2 Å². The second-order valence-corrected chi connectivity index (χ2v) is 6.49. The number of amides is 2. The Morgan fingerprint density at radius 1 is 1.42 bits per heavy atom. The number of pyridine rings is 1. The zero-order chi connectivity index (χ0) is 17.3. The minimum Gasteiger partial charge on any atom is -0.494 e. The highest BCUT2D eigenvalue weighted by Crippen LogP contribution is 2.29. The van der Waals surface area contributed by atoms with Gasteiger partial charge in [0.1, 0.15) is 12.4 Å². The molecule has 1 unspecified atom stereocenters. The van der Waals surface area contributed by atoms with Crippen LogP contribution >= 0.6 is 0 Å². The number of nitrogens with zero attached hydrogens (tertiary/aromatic N) is 2. The van der Waals surface area contributed by atoms with E-state index in [4.69, 9.17) is 4.74 Å². The molecule has 7 nitrogen and oxygen atoms in total. The van der Waals surface area contributed by atoms with Crippen molar-refractivity contribution < 1.29 is 14.3 Å². The van der Waals surface area contributed by atoms with Gasteiger partial charge in [-0.25, -0.2) is 0 Å². The summed E-state index contributed by atoms with van der Waals surface area (Å²) in [6.07, 6.45) is 4.37. The lowest BCUT2D eigenvalue weighted by atomic mass is 10.2. The molecular weight excluding hydrogens is 308 g/mol. The summed E-state index contributed by atoms with van der Waals surface area (Å²) in [6, 6.07) is 2.00. The maximum Gasteiger partial charge on any atom is 0.243 e. The highest BCUT2D eigenvalue weighted by atomic mass is 16.5. The van der Waals surface area contributed by atoms with E-state index in [0.29, 0.717) is 23.7 Å². The fourth-order valence-corrected chi connectivity index (χ4v) is 2.69. The Labute approximate surface area is 141 Å². The van der Waals surface area contributed by atoms with Crippen molar-refractivity contribution in [3.8, 4) is 0 Å². The molecule has 1 aromatic rings. The van der Waals surface area contributed by atoms with Crippen LogP contribution in [0.4, 0.5) is 11.4 Å². The van der Waals surface area contributed by atoms with E-state index in [2.05, 4.69) is 15.6 Å². The number of carbonyl (C=O) groups excluding carboxylic acids is 2. The monoisotopic (exact) mass is 330 g/mol. The summed E-state index contributed by atoms with van der Waals surface area (Å²) in [4.78, 5) is 30.3. The molecule has 0 spiro atoms. The molecule has 2 aliphatic heterocycles. The molecule has 2 amide bonds. The largest absolute Gasteiger partial charge is 0.494 e. The molecule has 24 heavy (non-hydrogen) atoms. The minimum atomic E-state index is -0.122. The maximum absolute atomic E-state index is 12.2. The van der Waals surface area contributed by atoms with E-state index in [9.17, 15) is 9.59 Å². The summed E-state index contributed by atoms with van der Waals surface area (Å²) in [5.74, 6) is 0.626. The highest BCUT2D eigenvalue weighted by molar-refractivity contribution is 5.95. The van der Waals surface area contributed by atoms with Crippen LogP contribution in [-0.2, 0) is 14.3 Å². The Morgan fingerprint density at radius 3 is 2.83 bits per heavy atom. The average molecular weight is 330 g/mol. The first kappa shape index (κ1) is 16.3. The number of anilines is 2. The van der Waals surface area contributed by atoms with Crippen molar-refractivity contribution >= 4 is 23.2 Å². The topological polar surface area (TPSA) is 83.6 Å². The molecule has 2 aliphatic rings. The Morgan fingerprint density at radius 2 is 2.21 bits per heavy atom. The van der Waals surface area contributed by atoms with Gasteiger partial charge < -0.3 is 20.3 Å². The van der Waals surface area contributed by atoms with Crippen LogP contribution in [0.3, 0.4) is 0 Å². The molecule has 1 saturated heterocycles. The second-order valence-electron chi connectivity index (χ2n) is 6.49. The number of aryl methyl sites for hydroxylation is 1. The van der Waals surface area contributed by atoms with E-state index >= 15 is 0 Å². The standard InChI is InChI=1S/C17H22N4O3/c1-10(2)17(23)20-15-4-12(6-18-11(15)3)19-16(22)8-21-7-14-5-13(21)9-24-14/h4,6-7,10,13H,5,8-9H2,1-3H3,(H,19,22)(H,20,23). The van der Waals surface area contributed by atoms with Gasteiger partial charge in [-0.1, -0.05) is 13.8 Å². The lowest BCUT2D eigenvalue weighted by Crippen LogP contribution is -2.36. The maximum atomic E-state index is 12.2. The van der Waals surface area contributed by atoms with Crippen LogP contribution in [0.2, 0.25) is 0 Å². The Kier molecular flexibility index (Phi) is 4.42. The summed E-state index contributed by atoms with van der Waals surface area (Å²) in [6.45, 7) is 6.39. The molecule has 1 atom stereocenters. The number of aromatic nitrogens is 1. The number of hydrogen-bond acceptors (Lipinski definition) is 5. The molecule has 128 valence electrons. The number of nitrogens with one attached hydrogen (secondary N) is 2. The molecule has 7 heteroatoms. The zero-order valence-corrected chi connectivity index (χ0v) is 14.1. The Hall–Kier alpha value is -2.57. The summed E-state index contributed by atoms with van der Waals surface area (Å²) >= 11 is 0. The molecule has 0 saturated carbocycles. The molecule has 1 aromatic heterocycles. The smallest absolute Gasteiger partial charge is 0.243 e. The van der Waals surface area contributed by atoms with Crippen molar-refractivity contribution in [2.75, 3.05) is 23.8 Å². The fourth-order valence-electron chi connectivity index (χ4n) is 2.69. The van der Waals surface area contributed by atoms with Crippen LogP contribution in [0.25, 0.3) is 0 Å². The quantitative estimate of drug-likeness (QED) is 0.861. The molecule has 0 radical (unpaired) electrons. The van der Waals surface area contributed by atoms with Crippen LogP contribution in [0.1, 0.15) is 26.0 Å². The first-order valence-electron chi connectivity index (χ1n) is 8.09. The third-order valence-electron chi connectivity index (χ3n) is 4.16. The Bertz CT molecular complexity index is 699. The van der Waals surface area contributed by atoms with Crippen molar-refractivity contribution in [3.63, 3.8) is 0 Å². The fraction of sp³-hybridized carbons (Fsp3) is 0.471. The normalized spacial score (nSPS) is 18.4. The van der Waals surface area contributed by atoms with Crippen LogP contribution in [-0.4, -0.2) is 40.9 Å². The van der Waals surface area contributed by atoms with Crippen molar-refractivity contribution in [2.24, 2.45) is 5.92 Å². The van der Waals surface area contributed by atoms with Crippen molar-refractivity contribution in [3.05, 3.63) is 29.9 Å². The van der Waals surface area contributed by atoms with Gasteiger partial charge in [-0.3, -0.25) is 14.6 Å². The molecule has 2 N–H and O–H groups in total. The number of carbonyl (C=O) groups is 2. The number of hydrogen-bond donors (Lipinski definition) is 2. The molecule has 1 fully saturated rings. The van der Waals surface area contributed by atoms with E-state index < -0.39 is 0 Å². The summed E-state index contributed by atoms with van der Waals surface area (Å²) in [7, 11) is 0. The van der Waals surface area contributed by atoms with E-state index in [-0.39, 0.29) is 30.3 Å². The van der Waals surface area contributed by atoms with Gasteiger partial charge in [0.25, 0.3) is 0 Å². The summed E-state index contributed by atoms with van der Waals surface area (Å²) in [5, 5.41) is 5.66. The molecule has 0 aromatic carbocycles.